The molecule has 4 heteroatoms. The molecular formula is C20H32N2O2. The van der Waals surface area contributed by atoms with Gasteiger partial charge in [0.15, 0.2) is 0 Å². The van der Waals surface area contributed by atoms with Crippen LogP contribution in [0.2, 0.25) is 0 Å². The van der Waals surface area contributed by atoms with E-state index in [0.717, 1.165) is 6.42 Å². The van der Waals surface area contributed by atoms with E-state index in [4.69, 9.17) is 4.74 Å². The van der Waals surface area contributed by atoms with Crippen molar-refractivity contribution in [1.82, 2.24) is 10.2 Å². The third kappa shape index (κ3) is 5.91. The largest absolute Gasteiger partial charge is 0.376 e. The van der Waals surface area contributed by atoms with Crippen molar-refractivity contribution < 1.29 is 9.53 Å². The summed E-state index contributed by atoms with van der Waals surface area (Å²) < 4.78 is 5.94. The fourth-order valence-electron chi connectivity index (χ4n) is 3.34. The van der Waals surface area contributed by atoms with E-state index in [1.165, 1.54) is 24.8 Å². The summed E-state index contributed by atoms with van der Waals surface area (Å²) in [6.07, 6.45) is 5.38. The molecule has 0 aromatic heterocycles. The van der Waals surface area contributed by atoms with Crippen LogP contribution in [0.25, 0.3) is 0 Å². The molecule has 24 heavy (non-hydrogen) atoms. The number of hydrogen-bond donors (Lipinski definition) is 1. The van der Waals surface area contributed by atoms with Crippen LogP contribution in [0.4, 0.5) is 0 Å². The van der Waals surface area contributed by atoms with Crippen molar-refractivity contribution in [3.8, 4) is 0 Å². The number of amides is 1. The normalized spacial score (nSPS) is 22.3. The predicted octanol–water partition coefficient (Wildman–Crippen LogP) is 3.39. The molecule has 0 saturated heterocycles. The number of rotatable bonds is 8. The molecule has 3 atom stereocenters. The van der Waals surface area contributed by atoms with Crippen LogP contribution in [0.3, 0.4) is 0 Å². The molecular weight excluding hydrogens is 300 g/mol. The maximum absolute atomic E-state index is 12.1. The van der Waals surface area contributed by atoms with E-state index in [2.05, 4.69) is 36.2 Å². The molecule has 1 aliphatic rings. The van der Waals surface area contributed by atoms with Gasteiger partial charge in [0.25, 0.3) is 0 Å². The first-order chi connectivity index (χ1) is 11.6. The Kier molecular flexibility index (Phi) is 7.73. The molecule has 1 amide bonds. The summed E-state index contributed by atoms with van der Waals surface area (Å²) in [4.78, 5) is 14.2. The van der Waals surface area contributed by atoms with Gasteiger partial charge in [-0.2, -0.15) is 0 Å². The van der Waals surface area contributed by atoms with Gasteiger partial charge in [0, 0.05) is 12.6 Å². The van der Waals surface area contributed by atoms with E-state index in [9.17, 15) is 4.79 Å². The molecule has 0 bridgehead atoms. The Hall–Kier alpha value is -1.39. The summed E-state index contributed by atoms with van der Waals surface area (Å²) in [6.45, 7) is 5.99. The predicted molar refractivity (Wildman–Crippen MR) is 97.9 cm³/mol. The minimum atomic E-state index is 0.0561. The van der Waals surface area contributed by atoms with Crippen LogP contribution in [-0.2, 0) is 9.53 Å². The fraction of sp³-hybridized carbons (Fsp3) is 0.650. The van der Waals surface area contributed by atoms with Crippen molar-refractivity contribution in [3.05, 3.63) is 35.9 Å². The van der Waals surface area contributed by atoms with Crippen LogP contribution in [0.5, 0.6) is 0 Å². The Morgan fingerprint density at radius 1 is 1.29 bits per heavy atom. The lowest BCUT2D eigenvalue weighted by molar-refractivity contribution is -0.122. The minimum Gasteiger partial charge on any atom is -0.376 e. The van der Waals surface area contributed by atoms with Crippen LogP contribution in [-0.4, -0.2) is 43.7 Å². The highest BCUT2D eigenvalue weighted by Crippen LogP contribution is 2.26. The number of ether oxygens (including phenoxy) is 1. The number of hydrogen-bond acceptors (Lipinski definition) is 3. The van der Waals surface area contributed by atoms with Gasteiger partial charge in [0.2, 0.25) is 5.91 Å². The number of benzene rings is 1. The third-order valence-corrected chi connectivity index (χ3v) is 5.13. The first-order valence-electron chi connectivity index (χ1n) is 9.21. The van der Waals surface area contributed by atoms with Crippen molar-refractivity contribution in [3.63, 3.8) is 0 Å². The summed E-state index contributed by atoms with van der Waals surface area (Å²) in [5, 5.41) is 2.97. The second-order valence-electron chi connectivity index (χ2n) is 7.02. The van der Waals surface area contributed by atoms with Gasteiger partial charge in [-0.25, -0.2) is 0 Å². The van der Waals surface area contributed by atoms with E-state index in [-0.39, 0.29) is 11.9 Å². The average Bonchev–Trinajstić information content (AvgIpc) is 2.60. The highest BCUT2D eigenvalue weighted by atomic mass is 16.5. The number of carbonyl (C=O) groups is 1. The SMILES string of the molecule is CC1CCCCC1OCCNC(=O)CN(C)C(C)c1ccccc1. The molecule has 1 N–H and O–H groups in total. The Bertz CT molecular complexity index is 492. The molecule has 1 fully saturated rings. The highest BCUT2D eigenvalue weighted by molar-refractivity contribution is 5.78. The molecule has 1 aromatic rings. The van der Waals surface area contributed by atoms with E-state index in [0.29, 0.717) is 31.7 Å². The lowest BCUT2D eigenvalue weighted by Crippen LogP contribution is -2.38. The van der Waals surface area contributed by atoms with Gasteiger partial charge in [-0.05, 0) is 38.3 Å². The summed E-state index contributed by atoms with van der Waals surface area (Å²) in [7, 11) is 1.98. The highest BCUT2D eigenvalue weighted by Gasteiger charge is 2.21. The monoisotopic (exact) mass is 332 g/mol. The molecule has 3 unspecified atom stereocenters. The Morgan fingerprint density at radius 3 is 2.71 bits per heavy atom. The molecule has 1 saturated carbocycles. The first kappa shape index (κ1) is 18.9. The lowest BCUT2D eigenvalue weighted by atomic mass is 9.88. The van der Waals surface area contributed by atoms with Crippen LogP contribution in [0, 0.1) is 5.92 Å². The zero-order valence-corrected chi connectivity index (χ0v) is 15.3. The maximum Gasteiger partial charge on any atom is 0.234 e. The van der Waals surface area contributed by atoms with Crippen molar-refractivity contribution in [2.45, 2.75) is 51.7 Å². The van der Waals surface area contributed by atoms with Gasteiger partial charge in [0.1, 0.15) is 0 Å². The van der Waals surface area contributed by atoms with Crippen LogP contribution < -0.4 is 5.32 Å². The number of carbonyl (C=O) groups excluding carboxylic acids is 1. The quantitative estimate of drug-likeness (QED) is 0.742. The van der Waals surface area contributed by atoms with Crippen LogP contribution >= 0.6 is 0 Å². The number of nitrogens with zero attached hydrogens (tertiary/aromatic N) is 1. The molecule has 4 nitrogen and oxygen atoms in total. The van der Waals surface area contributed by atoms with Gasteiger partial charge in [-0.1, -0.05) is 50.1 Å². The van der Waals surface area contributed by atoms with Crippen molar-refractivity contribution in [2.75, 3.05) is 26.7 Å². The molecule has 1 aromatic carbocycles. The second-order valence-corrected chi connectivity index (χ2v) is 7.02. The number of likely N-dealkylation sites (N-methyl/N-ethyl adjacent to an activating group) is 1. The summed E-state index contributed by atoms with van der Waals surface area (Å²) in [5.74, 6) is 0.702. The molecule has 0 radical (unpaired) electrons. The van der Waals surface area contributed by atoms with Crippen LogP contribution in [0.1, 0.15) is 51.1 Å². The summed E-state index contributed by atoms with van der Waals surface area (Å²) in [5.41, 5.74) is 1.22. The van der Waals surface area contributed by atoms with Gasteiger partial charge >= 0.3 is 0 Å². The van der Waals surface area contributed by atoms with Gasteiger partial charge in [-0.3, -0.25) is 9.69 Å². The topological polar surface area (TPSA) is 41.6 Å². The van der Waals surface area contributed by atoms with E-state index in [1.807, 2.05) is 25.2 Å². The lowest BCUT2D eigenvalue weighted by Gasteiger charge is -2.29. The minimum absolute atomic E-state index is 0.0561. The van der Waals surface area contributed by atoms with Crippen LogP contribution in [0.15, 0.2) is 30.3 Å². The molecule has 0 heterocycles. The van der Waals surface area contributed by atoms with Crippen molar-refractivity contribution >= 4 is 5.91 Å². The van der Waals surface area contributed by atoms with Crippen molar-refractivity contribution in [2.24, 2.45) is 5.92 Å². The zero-order chi connectivity index (χ0) is 17.4. The van der Waals surface area contributed by atoms with Gasteiger partial charge in [0.05, 0.1) is 19.3 Å². The third-order valence-electron chi connectivity index (χ3n) is 5.13. The Balaban J connectivity index is 1.64. The van der Waals surface area contributed by atoms with Gasteiger partial charge in [-0.15, -0.1) is 0 Å². The standard InChI is InChI=1S/C20H32N2O2/c1-16-9-7-8-12-19(16)24-14-13-21-20(23)15-22(3)17(2)18-10-5-4-6-11-18/h4-6,10-11,16-17,19H,7-9,12-15H2,1-3H3,(H,21,23). The Morgan fingerprint density at radius 2 is 2.00 bits per heavy atom. The smallest absolute Gasteiger partial charge is 0.234 e. The van der Waals surface area contributed by atoms with Gasteiger partial charge < -0.3 is 10.1 Å². The number of nitrogens with one attached hydrogen (secondary N) is 1. The fourth-order valence-corrected chi connectivity index (χ4v) is 3.34. The molecule has 134 valence electrons. The summed E-state index contributed by atoms with van der Waals surface area (Å²) >= 11 is 0. The van der Waals surface area contributed by atoms with E-state index >= 15 is 0 Å². The average molecular weight is 332 g/mol. The zero-order valence-electron chi connectivity index (χ0n) is 15.3. The first-order valence-corrected chi connectivity index (χ1v) is 9.21. The van der Waals surface area contributed by atoms with Crippen molar-refractivity contribution in [1.29, 1.82) is 0 Å². The molecule has 0 aliphatic heterocycles. The van der Waals surface area contributed by atoms with E-state index in [1.54, 1.807) is 0 Å². The molecule has 1 aliphatic carbocycles. The second kappa shape index (κ2) is 9.80. The summed E-state index contributed by atoms with van der Waals surface area (Å²) in [6, 6.07) is 10.5. The maximum atomic E-state index is 12.1. The Labute approximate surface area is 146 Å². The molecule has 2 rings (SSSR count). The van der Waals surface area contributed by atoms with E-state index < -0.39 is 0 Å². The molecule has 0 spiro atoms.